The van der Waals surface area contributed by atoms with Crippen molar-refractivity contribution in [2.45, 2.75) is 13.0 Å². The van der Waals surface area contributed by atoms with E-state index < -0.39 is 17.7 Å². The zero-order valence-electron chi connectivity index (χ0n) is 22.1. The number of piperazine rings is 1. The molecule has 1 saturated heterocycles. The van der Waals surface area contributed by atoms with Gasteiger partial charge in [-0.25, -0.2) is 14.4 Å². The van der Waals surface area contributed by atoms with Crippen LogP contribution in [0.3, 0.4) is 0 Å². The summed E-state index contributed by atoms with van der Waals surface area (Å²) in [7, 11) is 0. The number of imidazole rings is 1. The minimum atomic E-state index is -1.20. The van der Waals surface area contributed by atoms with E-state index in [0.29, 0.717) is 29.3 Å². The summed E-state index contributed by atoms with van der Waals surface area (Å²) >= 11 is 6.44. The van der Waals surface area contributed by atoms with Gasteiger partial charge in [-0.05, 0) is 37.3 Å². The number of nitrogens with one attached hydrogen (secondary N) is 3. The highest BCUT2D eigenvalue weighted by Gasteiger charge is 2.21. The smallest absolute Gasteiger partial charge is 0.252 e. The number of fused-ring (bicyclic) bond motifs is 1. The van der Waals surface area contributed by atoms with Crippen LogP contribution >= 0.6 is 11.6 Å². The largest absolute Gasteiger partial charge is 0.473 e. The van der Waals surface area contributed by atoms with Crippen molar-refractivity contribution in [1.82, 2.24) is 29.9 Å². The average molecular weight is 581 g/mol. The number of ether oxygens (including phenoxy) is 1. The van der Waals surface area contributed by atoms with Crippen LogP contribution in [0.5, 0.6) is 5.75 Å². The van der Waals surface area contributed by atoms with Gasteiger partial charge in [-0.2, -0.15) is 9.65 Å². The van der Waals surface area contributed by atoms with Gasteiger partial charge in [0.2, 0.25) is 5.82 Å². The van der Waals surface area contributed by atoms with Crippen LogP contribution in [0, 0.1) is 23.0 Å². The molecule has 0 radical (unpaired) electrons. The zero-order valence-corrected chi connectivity index (χ0v) is 22.9. The summed E-state index contributed by atoms with van der Waals surface area (Å²) in [5.74, 6) is -2.61. The second-order valence-corrected chi connectivity index (χ2v) is 9.82. The van der Waals surface area contributed by atoms with Gasteiger partial charge >= 0.3 is 0 Å². The van der Waals surface area contributed by atoms with Crippen LogP contribution in [-0.4, -0.2) is 70.5 Å². The first kappa shape index (κ1) is 28.2. The summed E-state index contributed by atoms with van der Waals surface area (Å²) in [6, 6.07) is 9.37. The van der Waals surface area contributed by atoms with Crippen LogP contribution < -0.4 is 20.7 Å². The number of halogens is 3. The molecule has 13 heteroatoms. The second-order valence-electron chi connectivity index (χ2n) is 9.41. The Hall–Kier alpha value is -4.31. The van der Waals surface area contributed by atoms with Gasteiger partial charge in [0, 0.05) is 62.9 Å². The topological polar surface area (TPSA) is 120 Å². The lowest BCUT2D eigenvalue weighted by atomic mass is 10.1. The minimum Gasteiger partial charge on any atom is -0.473 e. The van der Waals surface area contributed by atoms with Gasteiger partial charge < -0.3 is 20.7 Å². The average Bonchev–Trinajstić information content (AvgIpc) is 3.41. The van der Waals surface area contributed by atoms with Crippen molar-refractivity contribution in [1.29, 1.82) is 5.26 Å². The van der Waals surface area contributed by atoms with Crippen molar-refractivity contribution in [3.8, 4) is 23.1 Å². The molecule has 41 heavy (non-hydrogen) atoms. The molecule has 10 nitrogen and oxygen atoms in total. The van der Waals surface area contributed by atoms with E-state index in [1.54, 1.807) is 28.8 Å². The van der Waals surface area contributed by atoms with Crippen LogP contribution in [0.4, 0.5) is 20.3 Å². The first-order chi connectivity index (χ1) is 19.9. The molecule has 1 fully saturated rings. The molecule has 1 aliphatic rings. The zero-order chi connectivity index (χ0) is 28.9. The van der Waals surface area contributed by atoms with Crippen LogP contribution in [0.15, 0.2) is 48.9 Å². The fraction of sp³-hybridized carbons (Fsp3) is 0.286. The second kappa shape index (κ2) is 12.5. The monoisotopic (exact) mass is 580 g/mol. The molecular weight excluding hydrogens is 554 g/mol. The Kier molecular flexibility index (Phi) is 8.58. The van der Waals surface area contributed by atoms with Gasteiger partial charge in [0.15, 0.2) is 29.1 Å². The highest BCUT2D eigenvalue weighted by atomic mass is 35.5. The van der Waals surface area contributed by atoms with E-state index in [1.807, 2.05) is 6.07 Å². The van der Waals surface area contributed by atoms with Gasteiger partial charge in [0.1, 0.15) is 6.07 Å². The summed E-state index contributed by atoms with van der Waals surface area (Å²) in [5.41, 5.74) is 1.50. The fourth-order valence-corrected chi connectivity index (χ4v) is 4.78. The van der Waals surface area contributed by atoms with Gasteiger partial charge in [-0.1, -0.05) is 11.6 Å². The molecule has 0 saturated carbocycles. The number of hydrogen-bond acceptors (Lipinski definition) is 8. The van der Waals surface area contributed by atoms with Crippen molar-refractivity contribution in [3.05, 3.63) is 71.1 Å². The first-order valence-corrected chi connectivity index (χ1v) is 13.4. The van der Waals surface area contributed by atoms with E-state index in [0.717, 1.165) is 32.7 Å². The maximum atomic E-state index is 15.0. The molecule has 1 unspecified atom stereocenters. The molecule has 3 heterocycles. The molecule has 1 atom stereocenters. The van der Waals surface area contributed by atoms with Gasteiger partial charge in [-0.15, -0.1) is 0 Å². The van der Waals surface area contributed by atoms with E-state index in [9.17, 15) is 9.18 Å². The first-order valence-electron chi connectivity index (χ1n) is 13.0. The van der Waals surface area contributed by atoms with E-state index in [2.05, 4.69) is 30.8 Å². The molecule has 1 amide bonds. The Morgan fingerprint density at radius 1 is 1.22 bits per heavy atom. The number of carbonyl (C=O) groups excluding carboxylic acids is 1. The Balaban J connectivity index is 1.31. The number of anilines is 2. The Bertz CT molecular complexity index is 1620. The van der Waals surface area contributed by atoms with E-state index in [-0.39, 0.29) is 27.9 Å². The number of carbonyl (C=O) groups is 1. The summed E-state index contributed by atoms with van der Waals surface area (Å²) < 4.78 is 36.4. The molecule has 3 N–H and O–H groups in total. The van der Waals surface area contributed by atoms with Crippen molar-refractivity contribution < 1.29 is 18.3 Å². The molecule has 0 bridgehead atoms. The third kappa shape index (κ3) is 6.22. The number of nitriles is 1. The van der Waals surface area contributed by atoms with Crippen LogP contribution in [0.1, 0.15) is 17.3 Å². The molecular formula is C28H27ClF2N8O2. The third-order valence-electron chi connectivity index (χ3n) is 6.64. The van der Waals surface area contributed by atoms with Gasteiger partial charge in [-0.3, -0.25) is 14.1 Å². The standard InChI is InChI=1S/C28H27ClF2N8O2/c1-17(15-32)41-23-5-4-20(24(30)25(23)31)22-16-36-27-26(34-9-13-39(22)27)37-18-2-3-19(21(29)14-18)28(40)35-8-12-38-10-6-33-7-11-38/h2-5,9,13-14,16-17,33H,6-8,10-12H2,1H3,(H,34,37)(H,35,40). The number of nitrogens with zero attached hydrogens (tertiary/aromatic N) is 5. The van der Waals surface area contributed by atoms with Crippen molar-refractivity contribution in [3.63, 3.8) is 0 Å². The number of rotatable bonds is 9. The van der Waals surface area contributed by atoms with Gasteiger partial charge in [0.25, 0.3) is 5.91 Å². The predicted octanol–water partition coefficient (Wildman–Crippen LogP) is 4.00. The fourth-order valence-electron chi connectivity index (χ4n) is 4.52. The Morgan fingerprint density at radius 2 is 2.02 bits per heavy atom. The van der Waals surface area contributed by atoms with Crippen LogP contribution in [0.25, 0.3) is 16.9 Å². The highest BCUT2D eigenvalue weighted by Crippen LogP contribution is 2.32. The lowest BCUT2D eigenvalue weighted by Crippen LogP contribution is -2.46. The van der Waals surface area contributed by atoms with Crippen molar-refractivity contribution in [2.75, 3.05) is 44.6 Å². The number of hydrogen-bond donors (Lipinski definition) is 3. The molecule has 5 rings (SSSR count). The van der Waals surface area contributed by atoms with E-state index in [4.69, 9.17) is 21.6 Å². The summed E-state index contributed by atoms with van der Waals surface area (Å²) in [4.78, 5) is 23.7. The highest BCUT2D eigenvalue weighted by molar-refractivity contribution is 6.34. The lowest BCUT2D eigenvalue weighted by Gasteiger charge is -2.27. The lowest BCUT2D eigenvalue weighted by molar-refractivity contribution is 0.0947. The predicted molar refractivity (Wildman–Crippen MR) is 150 cm³/mol. The van der Waals surface area contributed by atoms with E-state index >= 15 is 4.39 Å². The normalized spacial score (nSPS) is 14.4. The number of aromatic nitrogens is 3. The molecule has 0 spiro atoms. The van der Waals surface area contributed by atoms with Crippen molar-refractivity contribution in [2.24, 2.45) is 0 Å². The molecule has 2 aromatic heterocycles. The maximum absolute atomic E-state index is 15.0. The molecule has 4 aromatic rings. The Labute approximate surface area is 239 Å². The van der Waals surface area contributed by atoms with Crippen molar-refractivity contribution >= 4 is 34.7 Å². The number of benzene rings is 2. The molecule has 2 aromatic carbocycles. The molecule has 1 aliphatic heterocycles. The quantitative estimate of drug-likeness (QED) is 0.272. The molecule has 0 aliphatic carbocycles. The SMILES string of the molecule is CC(C#N)Oc1ccc(-c2cnc3c(Nc4ccc(C(=O)NCCN5CCNCC5)c(Cl)c4)nccn23)c(F)c1F. The van der Waals surface area contributed by atoms with Crippen LogP contribution in [-0.2, 0) is 0 Å². The summed E-state index contributed by atoms with van der Waals surface area (Å²) in [6.07, 6.45) is 3.52. The third-order valence-corrected chi connectivity index (χ3v) is 6.95. The Morgan fingerprint density at radius 3 is 2.78 bits per heavy atom. The summed E-state index contributed by atoms with van der Waals surface area (Å²) in [5, 5.41) is 18.5. The maximum Gasteiger partial charge on any atom is 0.252 e. The van der Waals surface area contributed by atoms with E-state index in [1.165, 1.54) is 31.5 Å². The molecule has 212 valence electrons. The number of amides is 1. The van der Waals surface area contributed by atoms with Gasteiger partial charge in [0.05, 0.1) is 22.5 Å². The summed E-state index contributed by atoms with van der Waals surface area (Å²) in [6.45, 7) is 6.50. The minimum absolute atomic E-state index is 0.0422. The van der Waals surface area contributed by atoms with Crippen LogP contribution in [0.2, 0.25) is 5.02 Å².